The van der Waals surface area contributed by atoms with Gasteiger partial charge >= 0.3 is 5.97 Å². The third-order valence-electron chi connectivity index (χ3n) is 19.3. The van der Waals surface area contributed by atoms with Crippen molar-refractivity contribution in [1.82, 2.24) is 68.7 Å². The predicted molar refractivity (Wildman–Crippen MR) is 423 cm³/mol. The fourth-order valence-electron chi connectivity index (χ4n) is 12.6. The van der Waals surface area contributed by atoms with E-state index in [1.165, 1.54) is 36.1 Å². The smallest absolute Gasteiger partial charge is 0.303 e. The minimum Gasteiger partial charge on any atom is -0.508 e. The zero-order valence-corrected chi connectivity index (χ0v) is 67.3. The maximum Gasteiger partial charge on any atom is 0.303 e. The molecule has 0 bridgehead atoms. The molecule has 37 heteroatoms. The molecule has 23 N–H and O–H groups in total. The van der Waals surface area contributed by atoms with Crippen LogP contribution in [0.15, 0.2) is 84.9 Å². The van der Waals surface area contributed by atoms with Gasteiger partial charge in [0.25, 0.3) is 0 Å². The average Bonchev–Trinajstić information content (AvgIpc) is 1.29. The van der Waals surface area contributed by atoms with E-state index in [0.29, 0.717) is 24.0 Å². The number of phenols is 1. The number of aliphatic hydroxyl groups excluding tert-OH is 1. The molecule has 15 atom stereocenters. The lowest BCUT2D eigenvalue weighted by molar-refractivity contribution is -0.143. The Morgan fingerprint density at radius 2 is 0.888 bits per heavy atom. The summed E-state index contributed by atoms with van der Waals surface area (Å²) in [7, 11) is 0. The van der Waals surface area contributed by atoms with Crippen LogP contribution in [0.4, 0.5) is 0 Å². The second-order valence-electron chi connectivity index (χ2n) is 30.4. The van der Waals surface area contributed by atoms with Crippen LogP contribution >= 0.6 is 0 Å². The first-order valence-electron chi connectivity index (χ1n) is 38.9. The van der Waals surface area contributed by atoms with Crippen molar-refractivity contribution in [1.29, 1.82) is 0 Å². The fraction of sp³-hybridized carbons (Fsp3) is 0.557. The standard InChI is InChI=1S/C79H117N17O20/c1-11-44(8)65(94-76(113)59-23-18-34-96(59)79(116)64(43(6)7)93-69(106)51(80)37-47-19-14-12-15-20-47)77(114)92-58(38-48-21-16-13-17-22-48)75(112)95-66(46(10)97)78(115)91-57(39-49-24-26-50(98)27-25-49)70(107)84-40-62(101)86-53(30-33-63(102)103)72(109)90-56(36-42(4)5)74(111)88-54(29-32-61(82)100)71(108)85-45(9)68(105)89-55(35-41(2)3)73(110)87-52(67(83)104)28-31-60(81)99/h12-17,19-22,24-27,41-46,51-59,64-66,97-98H,11,18,23,28-40,80H2,1-10H3,(H2,81,99)(H2,82,100)(H2,83,104)(H,84,107)(H,85,108)(H,86,101)(H,87,110)(H,88,111)(H,89,105)(H,90,109)(H,91,115)(H,92,114)(H,93,106)(H,94,113)(H,95,112)(H,102,103)/t44-,45-,46+,51-,52-,53-,54-,55-,56-,57-,58-,59-,64-,65-,66-/m0/s1. The molecule has 0 radical (unpaired) electrons. The van der Waals surface area contributed by atoms with Crippen LogP contribution < -0.4 is 86.7 Å². The summed E-state index contributed by atoms with van der Waals surface area (Å²) in [5, 5.41) is 61.4. The highest BCUT2D eigenvalue weighted by Crippen LogP contribution is 2.23. The molecule has 3 aromatic carbocycles. The van der Waals surface area contributed by atoms with Gasteiger partial charge in [0.1, 0.15) is 78.3 Å². The van der Waals surface area contributed by atoms with E-state index in [2.05, 4.69) is 63.8 Å². The largest absolute Gasteiger partial charge is 0.508 e. The Labute approximate surface area is 674 Å². The third-order valence-corrected chi connectivity index (χ3v) is 19.3. The summed E-state index contributed by atoms with van der Waals surface area (Å²) >= 11 is 0. The lowest BCUT2D eigenvalue weighted by Crippen LogP contribution is -2.62. The summed E-state index contributed by atoms with van der Waals surface area (Å²) in [5.74, 6) is -17.8. The molecule has 16 amide bonds. The van der Waals surface area contributed by atoms with E-state index in [4.69, 9.17) is 22.9 Å². The van der Waals surface area contributed by atoms with Gasteiger partial charge in [-0.15, -0.1) is 0 Å². The van der Waals surface area contributed by atoms with Gasteiger partial charge in [-0.2, -0.15) is 0 Å². The number of carboxylic acids is 1. The molecule has 37 nitrogen and oxygen atoms in total. The molecular formula is C79H117N17O20. The number of amides is 16. The van der Waals surface area contributed by atoms with Gasteiger partial charge in [0, 0.05) is 38.6 Å². The van der Waals surface area contributed by atoms with Gasteiger partial charge in [0.2, 0.25) is 94.5 Å². The number of hydrogen-bond donors (Lipinski definition) is 19. The highest BCUT2D eigenvalue weighted by molar-refractivity contribution is 6.00. The molecule has 0 aliphatic carbocycles. The van der Waals surface area contributed by atoms with Crippen LogP contribution in [0.1, 0.15) is 157 Å². The van der Waals surface area contributed by atoms with E-state index in [9.17, 15) is 96.8 Å². The molecule has 0 aromatic heterocycles. The number of benzene rings is 3. The number of phenolic OH excluding ortho intramolecular Hbond substituents is 1. The minimum atomic E-state index is -1.88. The summed E-state index contributed by atoms with van der Waals surface area (Å²) < 4.78 is 0. The summed E-state index contributed by atoms with van der Waals surface area (Å²) in [4.78, 5) is 233. The third kappa shape index (κ3) is 33.1. The number of carbonyl (C=O) groups excluding carboxylic acids is 16. The lowest BCUT2D eigenvalue weighted by Gasteiger charge is -2.33. The first-order valence-corrected chi connectivity index (χ1v) is 38.9. The van der Waals surface area contributed by atoms with Crippen LogP contribution in [-0.2, 0) is 101 Å². The van der Waals surface area contributed by atoms with Crippen LogP contribution in [0.25, 0.3) is 0 Å². The van der Waals surface area contributed by atoms with E-state index in [1.54, 1.807) is 85.7 Å². The van der Waals surface area contributed by atoms with Crippen molar-refractivity contribution in [2.45, 2.75) is 244 Å². The highest BCUT2D eigenvalue weighted by atomic mass is 16.4. The molecule has 1 heterocycles. The van der Waals surface area contributed by atoms with Gasteiger partial charge < -0.3 is 107 Å². The van der Waals surface area contributed by atoms with Crippen molar-refractivity contribution >= 4 is 100 Å². The first kappa shape index (κ1) is 96.7. The Morgan fingerprint density at radius 1 is 0.457 bits per heavy atom. The van der Waals surface area contributed by atoms with E-state index >= 15 is 0 Å². The Bertz CT molecular complexity index is 3890. The Morgan fingerprint density at radius 3 is 1.39 bits per heavy atom. The summed E-state index contributed by atoms with van der Waals surface area (Å²) in [6.45, 7) is 15.3. The van der Waals surface area contributed by atoms with Crippen molar-refractivity contribution in [2.75, 3.05) is 13.1 Å². The number of aliphatic carboxylic acids is 1. The molecule has 638 valence electrons. The van der Waals surface area contributed by atoms with Crippen LogP contribution in [0.2, 0.25) is 0 Å². The molecule has 0 saturated carbocycles. The zero-order chi connectivity index (χ0) is 86.8. The average molecular weight is 1620 g/mol. The normalized spacial score (nSPS) is 16.2. The fourth-order valence-corrected chi connectivity index (χ4v) is 12.6. The summed E-state index contributed by atoms with van der Waals surface area (Å²) in [6, 6.07) is 4.34. The molecule has 1 aliphatic heterocycles. The van der Waals surface area contributed by atoms with E-state index in [0.717, 1.165) is 12.5 Å². The lowest BCUT2D eigenvalue weighted by atomic mass is 9.96. The number of nitrogens with two attached hydrogens (primary N) is 4. The van der Waals surface area contributed by atoms with E-state index in [1.807, 2.05) is 30.3 Å². The molecule has 3 aromatic rings. The summed E-state index contributed by atoms with van der Waals surface area (Å²) in [6.07, 6.45) is -4.08. The molecule has 0 unspecified atom stereocenters. The summed E-state index contributed by atoms with van der Waals surface area (Å²) in [5.41, 5.74) is 24.0. The van der Waals surface area contributed by atoms with Crippen LogP contribution in [0.5, 0.6) is 5.75 Å². The number of nitrogens with one attached hydrogen (secondary N) is 12. The number of nitrogens with zero attached hydrogens (tertiary/aromatic N) is 1. The van der Waals surface area contributed by atoms with Crippen molar-refractivity contribution in [3.8, 4) is 5.75 Å². The minimum absolute atomic E-state index is 0.0221. The molecule has 1 aliphatic rings. The van der Waals surface area contributed by atoms with Crippen molar-refractivity contribution in [3.63, 3.8) is 0 Å². The van der Waals surface area contributed by atoms with Gasteiger partial charge in [-0.3, -0.25) is 81.5 Å². The monoisotopic (exact) mass is 1620 g/mol. The van der Waals surface area contributed by atoms with Crippen molar-refractivity contribution < 1.29 is 96.8 Å². The molecule has 1 saturated heterocycles. The molecular weight excluding hydrogens is 1510 g/mol. The van der Waals surface area contributed by atoms with Crippen LogP contribution in [-0.4, -0.2) is 218 Å². The number of rotatable bonds is 49. The molecule has 116 heavy (non-hydrogen) atoms. The van der Waals surface area contributed by atoms with E-state index < -0.39 is 235 Å². The maximum atomic E-state index is 14.7. The first-order chi connectivity index (χ1) is 54.6. The highest BCUT2D eigenvalue weighted by Gasteiger charge is 2.43. The number of likely N-dealkylation sites (tertiary alicyclic amines) is 1. The number of carbonyl (C=O) groups is 17. The maximum absolute atomic E-state index is 14.7. The van der Waals surface area contributed by atoms with Crippen molar-refractivity contribution in [2.24, 2.45) is 46.6 Å². The topological polar surface area (TPSA) is 603 Å². The molecule has 0 spiro atoms. The Hall–Kier alpha value is -11.6. The van der Waals surface area contributed by atoms with Crippen molar-refractivity contribution in [3.05, 3.63) is 102 Å². The van der Waals surface area contributed by atoms with E-state index in [-0.39, 0.29) is 69.6 Å². The van der Waals surface area contributed by atoms with Crippen LogP contribution in [0, 0.1) is 23.7 Å². The number of primary amides is 3. The Kier molecular flexibility index (Phi) is 40.0. The number of aliphatic hydroxyl groups is 1. The quantitative estimate of drug-likeness (QED) is 0.0273. The zero-order valence-electron chi connectivity index (χ0n) is 67.3. The van der Waals surface area contributed by atoms with Gasteiger partial charge in [-0.25, -0.2) is 0 Å². The van der Waals surface area contributed by atoms with Gasteiger partial charge in [-0.05, 0) is 118 Å². The van der Waals surface area contributed by atoms with Gasteiger partial charge in [0.05, 0.1) is 18.7 Å². The van der Waals surface area contributed by atoms with Gasteiger partial charge in [-0.1, -0.05) is 135 Å². The van der Waals surface area contributed by atoms with Gasteiger partial charge in [0.15, 0.2) is 0 Å². The van der Waals surface area contributed by atoms with Crippen LogP contribution in [0.3, 0.4) is 0 Å². The SMILES string of the molecule is CC[C@H](C)[C@H](NC(=O)[C@@H]1CCCN1C(=O)[C@@H](NC(=O)[C@@H](N)Cc1ccccc1)C(C)C)C(=O)N[C@@H](Cc1ccccc1)C(=O)N[C@H](C(=O)N[C@@H](Cc1ccc(O)cc1)C(=O)NCC(=O)N[C@@H](CCC(=O)O)C(=O)N[C@@H](CC(C)C)C(=O)N[C@@H](CCC(N)=O)C(=O)N[C@@H](C)C(=O)N[C@@H](CC(C)C)C(=O)N[C@@H](CCC(N)=O)C(N)=O)[C@@H](C)O. The second kappa shape index (κ2) is 47.9. The Balaban J connectivity index is 1.54. The number of carboxylic acid groups (broad SMARTS) is 1. The second-order valence-corrected chi connectivity index (χ2v) is 30.4. The number of aromatic hydroxyl groups is 1. The molecule has 1 fully saturated rings. The molecule has 4 rings (SSSR count). The predicted octanol–water partition coefficient (Wildman–Crippen LogP) is -2.74. The number of hydrogen-bond acceptors (Lipinski definition) is 20.